The summed E-state index contributed by atoms with van der Waals surface area (Å²) in [6, 6.07) is 25.4. The molecular formula is C23H23N2O+. The second kappa shape index (κ2) is 7.04. The van der Waals surface area contributed by atoms with E-state index in [0.29, 0.717) is 0 Å². The van der Waals surface area contributed by atoms with Gasteiger partial charge in [0.1, 0.15) is 12.3 Å². The van der Waals surface area contributed by atoms with Gasteiger partial charge in [0.25, 0.3) is 5.82 Å². The van der Waals surface area contributed by atoms with Crippen LogP contribution in [0.2, 0.25) is 0 Å². The third-order valence-corrected chi connectivity index (χ3v) is 4.92. The average molecular weight is 343 g/mol. The van der Waals surface area contributed by atoms with Crippen LogP contribution in [0.25, 0.3) is 11.0 Å². The number of nitrogens with zero attached hydrogens (tertiary/aromatic N) is 1. The molecule has 3 heteroatoms. The van der Waals surface area contributed by atoms with Gasteiger partial charge in [-0.25, -0.2) is 9.55 Å². The van der Waals surface area contributed by atoms with Crippen molar-refractivity contribution in [3.8, 4) is 5.75 Å². The van der Waals surface area contributed by atoms with Gasteiger partial charge in [-0.05, 0) is 47.9 Å². The number of methoxy groups -OCH3 is 1. The number of imidazole rings is 1. The fourth-order valence-corrected chi connectivity index (χ4v) is 3.40. The summed E-state index contributed by atoms with van der Waals surface area (Å²) in [5.41, 5.74) is 6.33. The molecule has 0 saturated carbocycles. The molecule has 0 aliphatic heterocycles. The third kappa shape index (κ3) is 3.21. The van der Waals surface area contributed by atoms with Crippen molar-refractivity contribution < 1.29 is 9.30 Å². The van der Waals surface area contributed by atoms with Crippen LogP contribution in [0.15, 0.2) is 72.8 Å². The zero-order valence-electron chi connectivity index (χ0n) is 15.2. The van der Waals surface area contributed by atoms with Gasteiger partial charge in [0.2, 0.25) is 0 Å². The summed E-state index contributed by atoms with van der Waals surface area (Å²) in [7, 11) is 1.70. The van der Waals surface area contributed by atoms with Crippen LogP contribution in [0.1, 0.15) is 22.5 Å². The van der Waals surface area contributed by atoms with E-state index < -0.39 is 0 Å². The number of aryl methyl sites for hydroxylation is 1. The molecule has 130 valence electrons. The van der Waals surface area contributed by atoms with Crippen LogP contribution >= 0.6 is 0 Å². The highest BCUT2D eigenvalue weighted by Gasteiger charge is 2.19. The van der Waals surface area contributed by atoms with Gasteiger partial charge in [0.15, 0.2) is 11.0 Å². The molecule has 1 heterocycles. The van der Waals surface area contributed by atoms with Crippen molar-refractivity contribution in [2.24, 2.45) is 0 Å². The molecule has 1 aromatic heterocycles. The average Bonchev–Trinajstić information content (AvgIpc) is 3.01. The molecule has 4 aromatic rings. The molecule has 0 bridgehead atoms. The lowest BCUT2D eigenvalue weighted by atomic mass is 10.1. The first-order valence-electron chi connectivity index (χ1n) is 8.91. The van der Waals surface area contributed by atoms with Crippen LogP contribution in [0.3, 0.4) is 0 Å². The summed E-state index contributed by atoms with van der Waals surface area (Å²) < 4.78 is 7.66. The number of H-pyrrole nitrogens is 1. The van der Waals surface area contributed by atoms with Crippen molar-refractivity contribution in [3.05, 3.63) is 95.3 Å². The molecular weight excluding hydrogens is 320 g/mol. The fraction of sp³-hybridized carbons (Fsp3) is 0.174. The number of rotatable bonds is 5. The number of para-hydroxylation sites is 2. The molecule has 0 aliphatic carbocycles. The van der Waals surface area contributed by atoms with E-state index in [1.807, 2.05) is 12.1 Å². The third-order valence-electron chi connectivity index (χ3n) is 4.92. The smallest absolute Gasteiger partial charge is 0.259 e. The number of aromatic nitrogens is 2. The van der Waals surface area contributed by atoms with E-state index in [0.717, 1.165) is 18.7 Å². The molecule has 0 radical (unpaired) electrons. The van der Waals surface area contributed by atoms with Crippen molar-refractivity contribution in [2.75, 3.05) is 7.11 Å². The van der Waals surface area contributed by atoms with E-state index in [1.54, 1.807) is 7.11 Å². The summed E-state index contributed by atoms with van der Waals surface area (Å²) in [6.45, 7) is 3.04. The largest absolute Gasteiger partial charge is 0.497 e. The van der Waals surface area contributed by atoms with E-state index in [4.69, 9.17) is 4.74 Å². The fourth-order valence-electron chi connectivity index (χ4n) is 3.40. The lowest BCUT2D eigenvalue weighted by Crippen LogP contribution is -2.38. The normalized spacial score (nSPS) is 11.0. The molecule has 0 amide bonds. The van der Waals surface area contributed by atoms with Crippen LogP contribution in [0, 0.1) is 6.92 Å². The van der Waals surface area contributed by atoms with Gasteiger partial charge in [-0.3, -0.25) is 0 Å². The number of aromatic amines is 1. The number of hydrogen-bond donors (Lipinski definition) is 1. The van der Waals surface area contributed by atoms with Crippen molar-refractivity contribution in [1.29, 1.82) is 0 Å². The number of benzene rings is 3. The zero-order valence-corrected chi connectivity index (χ0v) is 15.2. The van der Waals surface area contributed by atoms with Crippen LogP contribution in [-0.2, 0) is 13.0 Å². The highest BCUT2D eigenvalue weighted by Crippen LogP contribution is 2.17. The molecule has 0 spiro atoms. The Balaban J connectivity index is 1.74. The Bertz CT molecular complexity index is 1030. The molecule has 3 aromatic carbocycles. The van der Waals surface area contributed by atoms with Gasteiger partial charge in [-0.15, -0.1) is 0 Å². The molecule has 3 nitrogen and oxygen atoms in total. The Morgan fingerprint density at radius 1 is 0.885 bits per heavy atom. The highest BCUT2D eigenvalue weighted by molar-refractivity contribution is 5.71. The van der Waals surface area contributed by atoms with E-state index in [9.17, 15) is 0 Å². The molecule has 0 unspecified atom stereocenters. The first-order valence-corrected chi connectivity index (χ1v) is 8.91. The van der Waals surface area contributed by atoms with Crippen LogP contribution in [-0.4, -0.2) is 12.1 Å². The summed E-state index contributed by atoms with van der Waals surface area (Å²) in [5, 5.41) is 0. The Labute approximate surface area is 153 Å². The van der Waals surface area contributed by atoms with Crippen molar-refractivity contribution in [2.45, 2.75) is 19.9 Å². The summed E-state index contributed by atoms with van der Waals surface area (Å²) in [4.78, 5) is 3.61. The lowest BCUT2D eigenvalue weighted by molar-refractivity contribution is -0.669. The first kappa shape index (κ1) is 16.4. The first-order chi connectivity index (χ1) is 12.7. The van der Waals surface area contributed by atoms with E-state index in [1.165, 1.54) is 33.5 Å². The predicted molar refractivity (Wildman–Crippen MR) is 105 cm³/mol. The van der Waals surface area contributed by atoms with E-state index >= 15 is 0 Å². The zero-order chi connectivity index (χ0) is 17.9. The van der Waals surface area contributed by atoms with Crippen LogP contribution in [0.5, 0.6) is 5.75 Å². The van der Waals surface area contributed by atoms with Gasteiger partial charge in [0.05, 0.1) is 13.5 Å². The summed E-state index contributed by atoms with van der Waals surface area (Å²) in [6.07, 6.45) is 0.852. The Kier molecular flexibility index (Phi) is 4.44. The van der Waals surface area contributed by atoms with Gasteiger partial charge in [-0.1, -0.05) is 48.5 Å². The number of hydrogen-bond acceptors (Lipinski definition) is 1. The van der Waals surface area contributed by atoms with E-state index in [2.05, 4.69) is 77.1 Å². The Hall–Kier alpha value is -3.07. The van der Waals surface area contributed by atoms with Gasteiger partial charge >= 0.3 is 0 Å². The summed E-state index contributed by atoms with van der Waals surface area (Å²) >= 11 is 0. The molecule has 0 atom stereocenters. The number of fused-ring (bicyclic) bond motifs is 1. The minimum Gasteiger partial charge on any atom is -0.497 e. The molecule has 0 aliphatic rings. The topological polar surface area (TPSA) is 28.9 Å². The lowest BCUT2D eigenvalue weighted by Gasteiger charge is -2.06. The Morgan fingerprint density at radius 2 is 1.62 bits per heavy atom. The van der Waals surface area contributed by atoms with Gasteiger partial charge in [0, 0.05) is 0 Å². The SMILES string of the molecule is COc1ccc(Cc2[nH]c3ccccc3[n+]2Cc2ccccc2C)cc1. The molecule has 26 heavy (non-hydrogen) atoms. The number of ether oxygens (including phenoxy) is 1. The highest BCUT2D eigenvalue weighted by atomic mass is 16.5. The predicted octanol–water partition coefficient (Wildman–Crippen LogP) is 4.41. The standard InChI is InChI=1S/C23H22N2O/c1-17-7-3-4-8-19(17)16-25-22-10-6-5-9-21(22)24-23(25)15-18-11-13-20(26-2)14-12-18/h3-14H,15-16H2,1-2H3/p+1. The molecule has 0 saturated heterocycles. The molecule has 4 rings (SSSR count). The van der Waals surface area contributed by atoms with Gasteiger partial charge in [-0.2, -0.15) is 0 Å². The van der Waals surface area contributed by atoms with Crippen molar-refractivity contribution in [1.82, 2.24) is 4.98 Å². The van der Waals surface area contributed by atoms with Gasteiger partial charge < -0.3 is 4.74 Å². The molecule has 1 N–H and O–H groups in total. The van der Waals surface area contributed by atoms with Crippen LogP contribution in [0.4, 0.5) is 0 Å². The maximum atomic E-state index is 5.27. The van der Waals surface area contributed by atoms with Crippen molar-refractivity contribution >= 4 is 11.0 Å². The van der Waals surface area contributed by atoms with Crippen molar-refractivity contribution in [3.63, 3.8) is 0 Å². The quantitative estimate of drug-likeness (QED) is 0.534. The maximum Gasteiger partial charge on any atom is 0.259 e. The second-order valence-corrected chi connectivity index (χ2v) is 6.63. The van der Waals surface area contributed by atoms with Crippen LogP contribution < -0.4 is 9.30 Å². The number of nitrogens with one attached hydrogen (secondary N) is 1. The van der Waals surface area contributed by atoms with E-state index in [-0.39, 0.29) is 0 Å². The summed E-state index contributed by atoms with van der Waals surface area (Å²) in [5.74, 6) is 2.10. The second-order valence-electron chi connectivity index (χ2n) is 6.63. The maximum absolute atomic E-state index is 5.27. The monoisotopic (exact) mass is 343 g/mol. The minimum absolute atomic E-state index is 0.852. The minimum atomic E-state index is 0.852. The molecule has 0 fully saturated rings. The Morgan fingerprint density at radius 3 is 2.38 bits per heavy atom.